The number of rotatable bonds is 9. The van der Waals surface area contributed by atoms with E-state index in [-0.39, 0.29) is 30.6 Å². The standard InChI is InChI=1S/C27H26F6N2O2/c1-4-24(12-11-23(36)35-24)16-34-25(5-2,20-9-7-6-8-10-20)17-37-18(3)19-13-21(26(28,29)30)15-22(14-19)27(31,32)33/h4-10,13-16,18H,1-2,11-12,17H2,3H3,(H,35,36)/b34-16-/t18-,24+,25?/m1/s1. The number of hydrogen-bond acceptors (Lipinski definition) is 3. The van der Waals surface area contributed by atoms with E-state index in [0.29, 0.717) is 24.1 Å². The summed E-state index contributed by atoms with van der Waals surface area (Å²) in [4.78, 5) is 16.5. The Morgan fingerprint density at radius 3 is 2.08 bits per heavy atom. The van der Waals surface area contributed by atoms with Crippen molar-refractivity contribution in [1.82, 2.24) is 5.32 Å². The zero-order valence-electron chi connectivity index (χ0n) is 20.0. The molecule has 1 aliphatic heterocycles. The lowest BCUT2D eigenvalue weighted by Gasteiger charge is -2.30. The summed E-state index contributed by atoms with van der Waals surface area (Å²) in [7, 11) is 0. The van der Waals surface area contributed by atoms with Crippen LogP contribution in [0.5, 0.6) is 0 Å². The molecule has 0 bridgehead atoms. The van der Waals surface area contributed by atoms with Crippen molar-refractivity contribution in [3.05, 3.63) is 96.1 Å². The highest BCUT2D eigenvalue weighted by Gasteiger charge is 2.38. The van der Waals surface area contributed by atoms with Crippen molar-refractivity contribution in [1.29, 1.82) is 0 Å². The van der Waals surface area contributed by atoms with E-state index in [1.54, 1.807) is 36.4 Å². The van der Waals surface area contributed by atoms with Gasteiger partial charge in [-0.05, 0) is 42.7 Å². The molecule has 1 amide bonds. The number of hydrogen-bond donors (Lipinski definition) is 1. The highest BCUT2D eigenvalue weighted by atomic mass is 19.4. The van der Waals surface area contributed by atoms with Crippen LogP contribution in [0.1, 0.15) is 48.1 Å². The number of nitrogens with zero attached hydrogens (tertiary/aromatic N) is 1. The van der Waals surface area contributed by atoms with Crippen LogP contribution in [0.4, 0.5) is 26.3 Å². The minimum atomic E-state index is -4.97. The van der Waals surface area contributed by atoms with Crippen molar-refractivity contribution >= 4 is 12.1 Å². The van der Waals surface area contributed by atoms with Crippen LogP contribution in [0, 0.1) is 0 Å². The van der Waals surface area contributed by atoms with Gasteiger partial charge in [-0.3, -0.25) is 9.79 Å². The Morgan fingerprint density at radius 1 is 1.03 bits per heavy atom. The third kappa shape index (κ3) is 6.49. The molecule has 0 aromatic heterocycles. The van der Waals surface area contributed by atoms with Crippen LogP contribution >= 0.6 is 0 Å². The Bertz CT molecular complexity index is 1140. The average molecular weight is 525 g/mol. The van der Waals surface area contributed by atoms with E-state index in [1.807, 2.05) is 0 Å². The normalized spacial score (nSPS) is 20.9. The minimum absolute atomic E-state index is 0.0726. The Labute approximate surface area is 210 Å². The van der Waals surface area contributed by atoms with Gasteiger partial charge in [0.2, 0.25) is 5.91 Å². The van der Waals surface area contributed by atoms with Crippen molar-refractivity contribution in [2.75, 3.05) is 6.61 Å². The molecule has 0 saturated carbocycles. The number of aliphatic imine (C=N–C) groups is 1. The number of carbonyl (C=O) groups is 1. The molecule has 1 heterocycles. The first-order chi connectivity index (χ1) is 17.2. The molecule has 1 N–H and O–H groups in total. The van der Waals surface area contributed by atoms with Crippen molar-refractivity contribution < 1.29 is 35.9 Å². The highest BCUT2D eigenvalue weighted by Crippen LogP contribution is 2.39. The molecule has 4 nitrogen and oxygen atoms in total. The lowest BCUT2D eigenvalue weighted by Crippen LogP contribution is -2.42. The molecule has 1 fully saturated rings. The summed E-state index contributed by atoms with van der Waals surface area (Å²) < 4.78 is 85.7. The smallest absolute Gasteiger partial charge is 0.371 e. The van der Waals surface area contributed by atoms with Gasteiger partial charge in [-0.2, -0.15) is 26.3 Å². The van der Waals surface area contributed by atoms with Crippen molar-refractivity contribution in [2.45, 2.75) is 49.3 Å². The van der Waals surface area contributed by atoms with E-state index in [0.717, 1.165) is 0 Å². The summed E-state index contributed by atoms with van der Waals surface area (Å²) in [6.07, 6.45) is -5.87. The van der Waals surface area contributed by atoms with E-state index in [4.69, 9.17) is 4.74 Å². The van der Waals surface area contributed by atoms with E-state index in [9.17, 15) is 31.1 Å². The molecule has 0 spiro atoms. The molecule has 0 radical (unpaired) electrons. The molecule has 1 saturated heterocycles. The van der Waals surface area contributed by atoms with E-state index >= 15 is 0 Å². The van der Waals surface area contributed by atoms with Gasteiger partial charge in [0.1, 0.15) is 5.54 Å². The van der Waals surface area contributed by atoms with Crippen LogP contribution in [-0.2, 0) is 27.4 Å². The maximum absolute atomic E-state index is 13.3. The van der Waals surface area contributed by atoms with Gasteiger partial charge in [-0.25, -0.2) is 0 Å². The first kappa shape index (κ1) is 28.2. The van der Waals surface area contributed by atoms with Gasteiger partial charge < -0.3 is 10.1 Å². The number of halogens is 6. The van der Waals surface area contributed by atoms with Crippen LogP contribution in [0.2, 0.25) is 0 Å². The summed E-state index contributed by atoms with van der Waals surface area (Å²) in [5.74, 6) is -0.176. The van der Waals surface area contributed by atoms with Gasteiger partial charge in [0.25, 0.3) is 0 Å². The molecule has 37 heavy (non-hydrogen) atoms. The fourth-order valence-corrected chi connectivity index (χ4v) is 3.95. The molecular formula is C27H26F6N2O2. The Hall–Kier alpha value is -3.40. The van der Waals surface area contributed by atoms with Crippen LogP contribution < -0.4 is 5.32 Å². The fourth-order valence-electron chi connectivity index (χ4n) is 3.95. The molecule has 3 atom stereocenters. The molecule has 1 unspecified atom stereocenters. The van der Waals surface area contributed by atoms with Gasteiger partial charge >= 0.3 is 12.4 Å². The summed E-state index contributed by atoms with van der Waals surface area (Å²) in [5.41, 5.74) is -4.68. The number of carbonyl (C=O) groups excluding carboxylic acids is 1. The second-order valence-corrected chi connectivity index (χ2v) is 8.84. The number of ether oxygens (including phenoxy) is 1. The van der Waals surface area contributed by atoms with Crippen LogP contribution in [0.25, 0.3) is 0 Å². The Morgan fingerprint density at radius 2 is 1.62 bits per heavy atom. The van der Waals surface area contributed by atoms with Crippen LogP contribution in [0.3, 0.4) is 0 Å². The lowest BCUT2D eigenvalue weighted by molar-refractivity contribution is -0.143. The average Bonchev–Trinajstić information content (AvgIpc) is 3.24. The van der Waals surface area contributed by atoms with E-state index in [2.05, 4.69) is 23.5 Å². The van der Waals surface area contributed by atoms with Crippen molar-refractivity contribution in [2.24, 2.45) is 4.99 Å². The topological polar surface area (TPSA) is 50.7 Å². The zero-order valence-corrected chi connectivity index (χ0v) is 20.0. The highest BCUT2D eigenvalue weighted by molar-refractivity contribution is 5.89. The predicted octanol–water partition coefficient (Wildman–Crippen LogP) is 6.79. The zero-order chi connectivity index (χ0) is 27.5. The third-order valence-electron chi connectivity index (χ3n) is 6.27. The van der Waals surface area contributed by atoms with Crippen molar-refractivity contribution in [3.8, 4) is 0 Å². The van der Waals surface area contributed by atoms with Gasteiger partial charge in [0.15, 0.2) is 0 Å². The molecule has 198 valence electrons. The quantitative estimate of drug-likeness (QED) is 0.223. The first-order valence-corrected chi connectivity index (χ1v) is 11.3. The van der Waals surface area contributed by atoms with Gasteiger partial charge in [0, 0.05) is 12.6 Å². The van der Waals surface area contributed by atoms with Gasteiger partial charge in [0.05, 0.1) is 29.4 Å². The molecule has 3 rings (SSSR count). The largest absolute Gasteiger partial charge is 0.416 e. The molecular weight excluding hydrogens is 498 g/mol. The second-order valence-electron chi connectivity index (χ2n) is 8.84. The summed E-state index contributed by atoms with van der Waals surface area (Å²) in [6.45, 7) is 8.74. The van der Waals surface area contributed by atoms with Gasteiger partial charge in [-0.1, -0.05) is 42.5 Å². The molecule has 2 aromatic rings. The lowest BCUT2D eigenvalue weighted by atomic mass is 9.90. The molecule has 2 aromatic carbocycles. The predicted molar refractivity (Wildman–Crippen MR) is 128 cm³/mol. The molecule has 0 aliphatic carbocycles. The summed E-state index contributed by atoms with van der Waals surface area (Å²) >= 11 is 0. The first-order valence-electron chi connectivity index (χ1n) is 11.3. The fraction of sp³-hybridized carbons (Fsp3) is 0.333. The third-order valence-corrected chi connectivity index (χ3v) is 6.27. The number of alkyl halides is 6. The van der Waals surface area contributed by atoms with Crippen LogP contribution in [-0.4, -0.2) is 24.3 Å². The Balaban J connectivity index is 1.97. The van der Waals surface area contributed by atoms with Crippen molar-refractivity contribution in [3.63, 3.8) is 0 Å². The second kappa shape index (κ2) is 10.5. The summed E-state index contributed by atoms with van der Waals surface area (Å²) in [5, 5.41) is 2.80. The van der Waals surface area contributed by atoms with Crippen LogP contribution in [0.15, 0.2) is 78.8 Å². The number of amides is 1. The van der Waals surface area contributed by atoms with E-state index < -0.39 is 40.7 Å². The maximum atomic E-state index is 13.3. The van der Waals surface area contributed by atoms with E-state index in [1.165, 1.54) is 19.2 Å². The minimum Gasteiger partial charge on any atom is -0.371 e. The summed E-state index contributed by atoms with van der Waals surface area (Å²) in [6, 6.07) is 10.1. The van der Waals surface area contributed by atoms with Gasteiger partial charge in [-0.15, -0.1) is 13.2 Å². The SMILES string of the molecule is C=CC(CO[C@H](C)c1cc(C(F)(F)F)cc(C(F)(F)F)c1)(/N=C\[C@]1(C=C)CCC(=O)N1)c1ccccc1. The molecule has 1 aliphatic rings. The Kier molecular flexibility index (Phi) is 8.02. The maximum Gasteiger partial charge on any atom is 0.416 e. The number of benzene rings is 2. The number of nitrogens with one attached hydrogen (secondary N) is 1. The monoisotopic (exact) mass is 524 g/mol. The molecule has 10 heteroatoms.